The van der Waals surface area contributed by atoms with Crippen LogP contribution in [-0.2, 0) is 9.47 Å². The van der Waals surface area contributed by atoms with Gasteiger partial charge in [0.15, 0.2) is 0 Å². The number of benzene rings is 4. The predicted octanol–water partition coefficient (Wildman–Crippen LogP) is 6.63. The van der Waals surface area contributed by atoms with Crippen LogP contribution in [0.25, 0.3) is 32.7 Å². The molecular formula is C28H26O4. The van der Waals surface area contributed by atoms with Crippen molar-refractivity contribution < 1.29 is 19.1 Å². The molecule has 4 aromatic carbocycles. The van der Waals surface area contributed by atoms with E-state index >= 15 is 0 Å². The van der Waals surface area contributed by atoms with Crippen LogP contribution in [0.4, 0.5) is 0 Å². The lowest BCUT2D eigenvalue weighted by Crippen LogP contribution is -2.10. The Balaban J connectivity index is 2.16. The smallest absolute Gasteiger partial charge is 0.338 e. The van der Waals surface area contributed by atoms with E-state index in [2.05, 4.69) is 12.1 Å². The topological polar surface area (TPSA) is 52.6 Å². The van der Waals surface area contributed by atoms with Gasteiger partial charge in [0.1, 0.15) is 0 Å². The normalized spacial score (nSPS) is 11.0. The van der Waals surface area contributed by atoms with Gasteiger partial charge in [-0.15, -0.1) is 0 Å². The Labute approximate surface area is 187 Å². The summed E-state index contributed by atoms with van der Waals surface area (Å²) in [5, 5.41) is 3.93. The monoisotopic (exact) mass is 426 g/mol. The van der Waals surface area contributed by atoms with Crippen molar-refractivity contribution in [2.75, 3.05) is 13.2 Å². The van der Waals surface area contributed by atoms with Crippen LogP contribution in [0.15, 0.2) is 60.7 Å². The molecule has 0 heterocycles. The summed E-state index contributed by atoms with van der Waals surface area (Å²) in [6, 6.07) is 19.8. The Bertz CT molecular complexity index is 1250. The average Bonchev–Trinajstić information content (AvgIpc) is 2.79. The van der Waals surface area contributed by atoms with Crippen LogP contribution in [0.3, 0.4) is 0 Å². The lowest BCUT2D eigenvalue weighted by Gasteiger charge is -2.20. The molecule has 0 N–H and O–H groups in total. The Morgan fingerprint density at radius 2 is 1.03 bits per heavy atom. The van der Waals surface area contributed by atoms with Crippen LogP contribution < -0.4 is 0 Å². The first-order valence-electron chi connectivity index (χ1n) is 10.9. The summed E-state index contributed by atoms with van der Waals surface area (Å²) in [5.74, 6) is -0.694. The fourth-order valence-corrected chi connectivity index (χ4v) is 4.39. The Kier molecular flexibility index (Phi) is 5.95. The standard InChI is InChI=1S/C28H26O4/c1-5-31-27(29)23-15-19-11-7-9-13-21(19)25(17(23)3)26-18(4)24(28(30)32-6-2)16-20-12-8-10-14-22(20)26/h7-16H,5-6H2,1-4H3. The molecule has 0 amide bonds. The molecule has 0 fully saturated rings. The first kappa shape index (κ1) is 21.6. The molecule has 0 bridgehead atoms. The highest BCUT2D eigenvalue weighted by molar-refractivity contribution is 6.13. The number of rotatable bonds is 5. The molecule has 4 rings (SSSR count). The fraction of sp³-hybridized carbons (Fsp3) is 0.214. The average molecular weight is 427 g/mol. The van der Waals surface area contributed by atoms with Gasteiger partial charge in [-0.1, -0.05) is 48.5 Å². The molecule has 0 spiro atoms. The number of carbonyl (C=O) groups excluding carboxylic acids is 2. The molecule has 4 heteroatoms. The van der Waals surface area contributed by atoms with E-state index in [9.17, 15) is 9.59 Å². The van der Waals surface area contributed by atoms with Crippen LogP contribution in [-0.4, -0.2) is 25.2 Å². The van der Waals surface area contributed by atoms with Crippen molar-refractivity contribution in [1.29, 1.82) is 0 Å². The molecule has 0 saturated heterocycles. The maximum absolute atomic E-state index is 12.8. The number of ether oxygens (including phenoxy) is 2. The third-order valence-corrected chi connectivity index (χ3v) is 5.86. The number of hydrogen-bond donors (Lipinski definition) is 0. The van der Waals surface area contributed by atoms with Crippen molar-refractivity contribution in [3.8, 4) is 11.1 Å². The Morgan fingerprint density at radius 3 is 1.41 bits per heavy atom. The van der Waals surface area contributed by atoms with E-state index in [1.807, 2.05) is 62.4 Å². The van der Waals surface area contributed by atoms with Crippen LogP contribution in [0.5, 0.6) is 0 Å². The minimum absolute atomic E-state index is 0.306. The van der Waals surface area contributed by atoms with Crippen LogP contribution in [0, 0.1) is 13.8 Å². The van der Waals surface area contributed by atoms with Crippen LogP contribution >= 0.6 is 0 Å². The van der Waals surface area contributed by atoms with Crippen molar-refractivity contribution in [1.82, 2.24) is 0 Å². The highest BCUT2D eigenvalue weighted by atomic mass is 16.5. The van der Waals surface area contributed by atoms with Gasteiger partial charge in [-0.3, -0.25) is 0 Å². The summed E-state index contributed by atoms with van der Waals surface area (Å²) in [4.78, 5) is 25.6. The van der Waals surface area contributed by atoms with E-state index < -0.39 is 0 Å². The van der Waals surface area contributed by atoms with Gasteiger partial charge < -0.3 is 9.47 Å². The third kappa shape index (κ3) is 3.62. The summed E-state index contributed by atoms with van der Waals surface area (Å²) in [6.45, 7) is 8.10. The molecule has 0 atom stereocenters. The van der Waals surface area contributed by atoms with Crippen molar-refractivity contribution in [2.24, 2.45) is 0 Å². The van der Waals surface area contributed by atoms with Crippen molar-refractivity contribution in [2.45, 2.75) is 27.7 Å². The summed E-state index contributed by atoms with van der Waals surface area (Å²) >= 11 is 0. The maximum atomic E-state index is 12.8. The van der Waals surface area contributed by atoms with E-state index in [4.69, 9.17) is 9.47 Å². The minimum Gasteiger partial charge on any atom is -0.462 e. The molecule has 4 aromatic rings. The quantitative estimate of drug-likeness (QED) is 0.336. The second-order valence-electron chi connectivity index (χ2n) is 7.73. The van der Waals surface area contributed by atoms with Gasteiger partial charge >= 0.3 is 11.9 Å². The summed E-state index contributed by atoms with van der Waals surface area (Å²) in [7, 11) is 0. The number of carbonyl (C=O) groups is 2. The Hall–Kier alpha value is -3.66. The predicted molar refractivity (Wildman–Crippen MR) is 128 cm³/mol. The van der Waals surface area contributed by atoms with Gasteiger partial charge in [-0.25, -0.2) is 9.59 Å². The first-order valence-corrected chi connectivity index (χ1v) is 10.9. The molecule has 4 nitrogen and oxygen atoms in total. The molecule has 162 valence electrons. The zero-order valence-electron chi connectivity index (χ0n) is 18.8. The van der Waals surface area contributed by atoms with Crippen LogP contribution in [0.1, 0.15) is 45.7 Å². The van der Waals surface area contributed by atoms with E-state index in [0.29, 0.717) is 24.3 Å². The third-order valence-electron chi connectivity index (χ3n) is 5.86. The molecule has 0 aliphatic rings. The highest BCUT2D eigenvalue weighted by Crippen LogP contribution is 2.41. The van der Waals surface area contributed by atoms with Gasteiger partial charge in [0, 0.05) is 0 Å². The molecule has 0 aliphatic carbocycles. The Morgan fingerprint density at radius 1 is 0.656 bits per heavy atom. The van der Waals surface area contributed by atoms with E-state index in [0.717, 1.165) is 43.8 Å². The lowest BCUT2D eigenvalue weighted by atomic mass is 9.84. The van der Waals surface area contributed by atoms with Gasteiger partial charge in [0.25, 0.3) is 0 Å². The highest BCUT2D eigenvalue weighted by Gasteiger charge is 2.23. The lowest BCUT2D eigenvalue weighted by molar-refractivity contribution is 0.0516. The number of fused-ring (bicyclic) bond motifs is 2. The molecule has 32 heavy (non-hydrogen) atoms. The van der Waals surface area contributed by atoms with Gasteiger partial charge in [0.05, 0.1) is 24.3 Å². The zero-order chi connectivity index (χ0) is 22.8. The molecule has 0 saturated carbocycles. The minimum atomic E-state index is -0.347. The van der Waals surface area contributed by atoms with Crippen LogP contribution in [0.2, 0.25) is 0 Å². The first-order chi connectivity index (χ1) is 15.5. The maximum Gasteiger partial charge on any atom is 0.338 e. The SMILES string of the molecule is CCOC(=O)c1cc2ccccc2c(-c2c(C)c(C(=O)OCC)cc3ccccc23)c1C. The van der Waals surface area contributed by atoms with Gasteiger partial charge in [0.2, 0.25) is 0 Å². The molecule has 0 aromatic heterocycles. The van der Waals surface area contributed by atoms with Crippen molar-refractivity contribution >= 4 is 33.5 Å². The summed E-state index contributed by atoms with van der Waals surface area (Å²) in [6.07, 6.45) is 0. The second kappa shape index (κ2) is 8.83. The molecule has 0 aliphatic heterocycles. The van der Waals surface area contributed by atoms with Gasteiger partial charge in [-0.2, -0.15) is 0 Å². The number of esters is 2. The van der Waals surface area contributed by atoms with Crippen molar-refractivity contribution in [3.05, 3.63) is 82.9 Å². The number of hydrogen-bond acceptors (Lipinski definition) is 4. The summed E-state index contributed by atoms with van der Waals surface area (Å²) < 4.78 is 10.7. The largest absolute Gasteiger partial charge is 0.462 e. The fourth-order valence-electron chi connectivity index (χ4n) is 4.39. The summed E-state index contributed by atoms with van der Waals surface area (Å²) in [5.41, 5.74) is 4.60. The van der Waals surface area contributed by atoms with E-state index in [1.54, 1.807) is 13.8 Å². The molecule has 0 unspecified atom stereocenters. The molecular weight excluding hydrogens is 400 g/mol. The van der Waals surface area contributed by atoms with E-state index in [-0.39, 0.29) is 11.9 Å². The van der Waals surface area contributed by atoms with Crippen molar-refractivity contribution in [3.63, 3.8) is 0 Å². The van der Waals surface area contributed by atoms with E-state index in [1.165, 1.54) is 0 Å². The van der Waals surface area contributed by atoms with Gasteiger partial charge in [-0.05, 0) is 83.6 Å². The second-order valence-corrected chi connectivity index (χ2v) is 7.73. The zero-order valence-corrected chi connectivity index (χ0v) is 18.8. The molecule has 0 radical (unpaired) electrons.